The highest BCUT2D eigenvalue weighted by atomic mass is 32.1. The monoisotopic (exact) mass is 241 g/mol. The molecule has 2 heterocycles. The van der Waals surface area contributed by atoms with E-state index < -0.39 is 0 Å². The van der Waals surface area contributed by atoms with E-state index in [1.807, 2.05) is 6.92 Å². The Labute approximate surface area is 100 Å². The van der Waals surface area contributed by atoms with Crippen LogP contribution in [0.3, 0.4) is 0 Å². The average molecular weight is 241 g/mol. The quantitative estimate of drug-likeness (QED) is 0.875. The number of thiazole rings is 1. The highest BCUT2D eigenvalue weighted by molar-refractivity contribution is 7.12. The number of rotatable bonds is 4. The number of aryl methyl sites for hydroxylation is 1. The molecule has 2 rings (SSSR count). The summed E-state index contributed by atoms with van der Waals surface area (Å²) in [7, 11) is 0. The lowest BCUT2D eigenvalue weighted by atomic mass is 9.84. The van der Waals surface area contributed by atoms with Crippen LogP contribution in [0.15, 0.2) is 0 Å². The second kappa shape index (κ2) is 4.43. The van der Waals surface area contributed by atoms with Crippen molar-refractivity contribution in [3.8, 4) is 0 Å². The molecule has 1 aliphatic heterocycles. The van der Waals surface area contributed by atoms with Crippen molar-refractivity contribution in [2.24, 2.45) is 5.92 Å². The number of aromatic nitrogens is 1. The number of hydrogen-bond acceptors (Lipinski definition) is 4. The van der Waals surface area contributed by atoms with Gasteiger partial charge in [-0.1, -0.05) is 13.8 Å². The van der Waals surface area contributed by atoms with E-state index in [4.69, 9.17) is 4.74 Å². The van der Waals surface area contributed by atoms with E-state index in [-0.39, 0.29) is 12.0 Å². The van der Waals surface area contributed by atoms with Gasteiger partial charge in [0.1, 0.15) is 0 Å². The summed E-state index contributed by atoms with van der Waals surface area (Å²) in [6, 6.07) is 0. The molecule has 0 radical (unpaired) electrons. The van der Waals surface area contributed by atoms with E-state index in [9.17, 15) is 5.11 Å². The molecule has 0 aromatic carbocycles. The first-order valence-electron chi connectivity index (χ1n) is 5.73. The van der Waals surface area contributed by atoms with Crippen LogP contribution in [0.5, 0.6) is 0 Å². The molecule has 1 saturated heterocycles. The number of ether oxygens (including phenoxy) is 1. The van der Waals surface area contributed by atoms with E-state index in [2.05, 4.69) is 18.8 Å². The first kappa shape index (κ1) is 12.0. The minimum absolute atomic E-state index is 0.156. The van der Waals surface area contributed by atoms with Gasteiger partial charge in [0.05, 0.1) is 35.9 Å². The zero-order chi connectivity index (χ0) is 11.8. The second-order valence-electron chi connectivity index (χ2n) is 5.05. The fourth-order valence-corrected chi connectivity index (χ4v) is 3.45. The molecule has 1 N–H and O–H groups in total. The number of hydrogen-bond donors (Lipinski definition) is 1. The van der Waals surface area contributed by atoms with E-state index in [1.165, 1.54) is 9.88 Å². The first-order valence-corrected chi connectivity index (χ1v) is 6.54. The standard InChI is InChI=1S/C12H19NO2S/c1-8(2)4-10-13-9(3)11(16-10)12(5-14)6-15-7-12/h8,14H,4-7H2,1-3H3. The molecule has 0 atom stereocenters. The third-order valence-electron chi connectivity index (χ3n) is 2.96. The average Bonchev–Trinajstić information content (AvgIpc) is 2.46. The maximum Gasteiger partial charge on any atom is 0.0933 e. The number of nitrogens with zero attached hydrogens (tertiary/aromatic N) is 1. The lowest BCUT2D eigenvalue weighted by molar-refractivity contribution is -0.0827. The zero-order valence-electron chi connectivity index (χ0n) is 10.1. The lowest BCUT2D eigenvalue weighted by Gasteiger charge is -2.39. The van der Waals surface area contributed by atoms with Gasteiger partial charge < -0.3 is 9.84 Å². The van der Waals surface area contributed by atoms with Crippen LogP contribution in [-0.2, 0) is 16.6 Å². The summed E-state index contributed by atoms with van der Waals surface area (Å²) in [6.07, 6.45) is 1.02. The molecule has 1 aromatic rings. The SMILES string of the molecule is Cc1nc(CC(C)C)sc1C1(CO)COC1. The maximum atomic E-state index is 9.50. The van der Waals surface area contributed by atoms with Gasteiger partial charge in [0.15, 0.2) is 0 Å². The van der Waals surface area contributed by atoms with Crippen LogP contribution in [0.4, 0.5) is 0 Å². The maximum absolute atomic E-state index is 9.50. The van der Waals surface area contributed by atoms with Crippen molar-refractivity contribution in [1.29, 1.82) is 0 Å². The van der Waals surface area contributed by atoms with E-state index >= 15 is 0 Å². The highest BCUT2D eigenvalue weighted by Gasteiger charge is 2.42. The molecule has 0 spiro atoms. The molecule has 90 valence electrons. The Bertz CT molecular complexity index is 364. The van der Waals surface area contributed by atoms with Gasteiger partial charge in [-0.05, 0) is 12.8 Å². The Morgan fingerprint density at radius 3 is 2.62 bits per heavy atom. The molecule has 1 fully saturated rings. The summed E-state index contributed by atoms with van der Waals surface area (Å²) in [5, 5.41) is 10.7. The summed E-state index contributed by atoms with van der Waals surface area (Å²) >= 11 is 1.74. The van der Waals surface area contributed by atoms with Crippen molar-refractivity contribution in [2.75, 3.05) is 19.8 Å². The van der Waals surface area contributed by atoms with Crippen LogP contribution in [-0.4, -0.2) is 29.9 Å². The normalized spacial score (nSPS) is 18.8. The van der Waals surface area contributed by atoms with Crippen molar-refractivity contribution in [1.82, 2.24) is 4.98 Å². The van der Waals surface area contributed by atoms with Crippen LogP contribution >= 0.6 is 11.3 Å². The van der Waals surface area contributed by atoms with Gasteiger partial charge in [-0.15, -0.1) is 11.3 Å². The van der Waals surface area contributed by atoms with Gasteiger partial charge >= 0.3 is 0 Å². The van der Waals surface area contributed by atoms with E-state index in [0.29, 0.717) is 19.1 Å². The zero-order valence-corrected chi connectivity index (χ0v) is 10.9. The Morgan fingerprint density at radius 2 is 2.19 bits per heavy atom. The van der Waals surface area contributed by atoms with Crippen molar-refractivity contribution < 1.29 is 9.84 Å². The van der Waals surface area contributed by atoms with Crippen LogP contribution in [0.1, 0.15) is 29.4 Å². The van der Waals surface area contributed by atoms with Gasteiger partial charge in [-0.2, -0.15) is 0 Å². The van der Waals surface area contributed by atoms with Gasteiger partial charge in [-0.25, -0.2) is 4.98 Å². The predicted molar refractivity (Wildman–Crippen MR) is 65.0 cm³/mol. The molecule has 0 amide bonds. The molecule has 0 unspecified atom stereocenters. The first-order chi connectivity index (χ1) is 7.57. The van der Waals surface area contributed by atoms with Crippen molar-refractivity contribution in [3.63, 3.8) is 0 Å². The topological polar surface area (TPSA) is 42.4 Å². The molecule has 0 aliphatic carbocycles. The Morgan fingerprint density at radius 1 is 1.50 bits per heavy atom. The van der Waals surface area contributed by atoms with Crippen molar-refractivity contribution >= 4 is 11.3 Å². The summed E-state index contributed by atoms with van der Waals surface area (Å²) in [5.41, 5.74) is 0.912. The second-order valence-corrected chi connectivity index (χ2v) is 6.13. The molecule has 1 aromatic heterocycles. The summed E-state index contributed by atoms with van der Waals surface area (Å²) in [6.45, 7) is 7.86. The van der Waals surface area contributed by atoms with Crippen LogP contribution in [0.25, 0.3) is 0 Å². The molecule has 16 heavy (non-hydrogen) atoms. The van der Waals surface area contributed by atoms with E-state index in [0.717, 1.165) is 12.1 Å². The molecule has 0 saturated carbocycles. The number of aliphatic hydroxyl groups is 1. The summed E-state index contributed by atoms with van der Waals surface area (Å²) in [5.74, 6) is 0.626. The fourth-order valence-electron chi connectivity index (χ4n) is 2.02. The van der Waals surface area contributed by atoms with Gasteiger partial charge in [0.2, 0.25) is 0 Å². The minimum atomic E-state index is -0.156. The molecular formula is C12H19NO2S. The Balaban J connectivity index is 2.24. The van der Waals surface area contributed by atoms with Crippen LogP contribution < -0.4 is 0 Å². The van der Waals surface area contributed by atoms with Crippen molar-refractivity contribution in [2.45, 2.75) is 32.6 Å². The molecule has 1 aliphatic rings. The predicted octanol–water partition coefficient (Wildman–Crippen LogP) is 1.91. The van der Waals surface area contributed by atoms with Crippen molar-refractivity contribution in [3.05, 3.63) is 15.6 Å². The number of aliphatic hydroxyl groups excluding tert-OH is 1. The molecule has 4 heteroatoms. The third kappa shape index (κ3) is 2.01. The van der Waals surface area contributed by atoms with Crippen LogP contribution in [0.2, 0.25) is 0 Å². The minimum Gasteiger partial charge on any atom is -0.395 e. The highest BCUT2D eigenvalue weighted by Crippen LogP contribution is 2.38. The largest absolute Gasteiger partial charge is 0.395 e. The molecule has 3 nitrogen and oxygen atoms in total. The van der Waals surface area contributed by atoms with Gasteiger partial charge in [0.25, 0.3) is 0 Å². The Hall–Kier alpha value is -0.450. The summed E-state index contributed by atoms with van der Waals surface area (Å²) < 4.78 is 5.25. The molecule has 0 bridgehead atoms. The fraction of sp³-hybridized carbons (Fsp3) is 0.750. The Kier molecular flexibility index (Phi) is 3.33. The third-order valence-corrected chi connectivity index (χ3v) is 4.39. The van der Waals surface area contributed by atoms with Gasteiger partial charge in [0, 0.05) is 11.3 Å². The van der Waals surface area contributed by atoms with E-state index in [1.54, 1.807) is 11.3 Å². The smallest absolute Gasteiger partial charge is 0.0933 e. The van der Waals surface area contributed by atoms with Crippen LogP contribution in [0, 0.1) is 12.8 Å². The lowest BCUT2D eigenvalue weighted by Crippen LogP contribution is -2.49. The summed E-state index contributed by atoms with van der Waals surface area (Å²) in [4.78, 5) is 5.82. The van der Waals surface area contributed by atoms with Gasteiger partial charge in [-0.3, -0.25) is 0 Å². The molecular weight excluding hydrogens is 222 g/mol.